The second-order valence-electron chi connectivity index (χ2n) is 7.96. The molecule has 6 nitrogen and oxygen atoms in total. The van der Waals surface area contributed by atoms with Gasteiger partial charge in [-0.1, -0.05) is 6.92 Å². The lowest BCUT2D eigenvalue weighted by molar-refractivity contribution is 0.111. The number of pyridine rings is 1. The molecule has 0 bridgehead atoms. The smallest absolute Gasteiger partial charge is 0.225 e. The molecule has 0 aliphatic carbocycles. The van der Waals surface area contributed by atoms with E-state index in [1.54, 1.807) is 0 Å². The first-order valence-electron chi connectivity index (χ1n) is 10.8. The van der Waals surface area contributed by atoms with E-state index in [1.807, 2.05) is 19.3 Å². The average Bonchev–Trinajstić information content (AvgIpc) is 2.84. The van der Waals surface area contributed by atoms with Crippen LogP contribution in [0.4, 0.5) is 19.1 Å². The summed E-state index contributed by atoms with van der Waals surface area (Å²) in [6.07, 6.45) is 7.57. The monoisotopic (exact) mass is 456 g/mol. The van der Waals surface area contributed by atoms with E-state index >= 15 is 0 Å². The Bertz CT molecular complexity index is 1110. The Kier molecular flexibility index (Phi) is 6.86. The van der Waals surface area contributed by atoms with E-state index in [0.29, 0.717) is 5.95 Å². The number of anilines is 1. The van der Waals surface area contributed by atoms with Gasteiger partial charge in [-0.25, -0.2) is 28.1 Å². The lowest BCUT2D eigenvalue weighted by Crippen LogP contribution is -2.36. The molecule has 33 heavy (non-hydrogen) atoms. The molecule has 1 fully saturated rings. The second-order valence-corrected chi connectivity index (χ2v) is 7.96. The van der Waals surface area contributed by atoms with Crippen LogP contribution >= 0.6 is 0 Å². The average molecular weight is 456 g/mol. The molecule has 0 amide bonds. The molecular weight excluding hydrogens is 433 g/mol. The minimum atomic E-state index is -0.883. The van der Waals surface area contributed by atoms with Gasteiger partial charge in [0.15, 0.2) is 29.5 Å². The third-order valence-corrected chi connectivity index (χ3v) is 5.77. The van der Waals surface area contributed by atoms with E-state index in [4.69, 9.17) is 4.74 Å². The quantitative estimate of drug-likeness (QED) is 0.483. The Labute approximate surface area is 189 Å². The van der Waals surface area contributed by atoms with Crippen LogP contribution in [0.5, 0.6) is 5.75 Å². The van der Waals surface area contributed by atoms with Crippen molar-refractivity contribution in [3.8, 4) is 16.9 Å². The zero-order valence-corrected chi connectivity index (χ0v) is 18.1. The highest BCUT2D eigenvalue weighted by atomic mass is 19.1. The number of benzene rings is 1. The van der Waals surface area contributed by atoms with Gasteiger partial charge in [-0.3, -0.25) is 4.79 Å². The van der Waals surface area contributed by atoms with Crippen molar-refractivity contribution in [2.75, 3.05) is 24.6 Å². The minimum Gasteiger partial charge on any atom is -0.487 e. The largest absolute Gasteiger partial charge is 0.487 e. The molecule has 0 unspecified atom stereocenters. The zero-order valence-electron chi connectivity index (χ0n) is 18.1. The van der Waals surface area contributed by atoms with Gasteiger partial charge in [0.25, 0.3) is 0 Å². The van der Waals surface area contributed by atoms with E-state index in [-0.39, 0.29) is 35.6 Å². The first-order valence-corrected chi connectivity index (χ1v) is 10.8. The Morgan fingerprint density at radius 1 is 0.970 bits per heavy atom. The molecule has 9 heteroatoms. The van der Waals surface area contributed by atoms with Gasteiger partial charge < -0.3 is 9.64 Å². The van der Waals surface area contributed by atoms with Crippen LogP contribution in [0.3, 0.4) is 0 Å². The van der Waals surface area contributed by atoms with E-state index in [9.17, 15) is 18.0 Å². The molecule has 0 radical (unpaired) electrons. The number of carbonyl (C=O) groups excluding carboxylic acids is 1. The molecule has 2 aromatic heterocycles. The molecule has 1 aliphatic heterocycles. The standard InChI is InChI=1S/C24H23F3N4O2/c1-2-15-10-29-24(30-11-15)31-5-3-16(4-6-31)14-33-23-20(26)7-17(8-21(23)27)18-9-19(25)22(13-32)28-12-18/h7-13,16H,2-6,14H2,1H3. The Morgan fingerprint density at radius 2 is 1.61 bits per heavy atom. The molecule has 3 aromatic rings. The van der Waals surface area contributed by atoms with Crippen molar-refractivity contribution in [1.29, 1.82) is 0 Å². The molecule has 1 aliphatic rings. The summed E-state index contributed by atoms with van der Waals surface area (Å²) in [4.78, 5) is 25.3. The lowest BCUT2D eigenvalue weighted by Gasteiger charge is -2.31. The highest BCUT2D eigenvalue weighted by Gasteiger charge is 2.23. The maximum absolute atomic E-state index is 14.6. The van der Waals surface area contributed by atoms with Crippen molar-refractivity contribution >= 4 is 12.2 Å². The number of hydrogen-bond acceptors (Lipinski definition) is 6. The predicted molar refractivity (Wildman–Crippen MR) is 117 cm³/mol. The number of carbonyl (C=O) groups is 1. The van der Waals surface area contributed by atoms with Crippen molar-refractivity contribution in [1.82, 2.24) is 15.0 Å². The fourth-order valence-electron chi connectivity index (χ4n) is 3.75. The van der Waals surface area contributed by atoms with Crippen LogP contribution in [0.1, 0.15) is 35.8 Å². The van der Waals surface area contributed by atoms with Crippen LogP contribution in [-0.2, 0) is 6.42 Å². The lowest BCUT2D eigenvalue weighted by atomic mass is 9.98. The number of aromatic nitrogens is 3. The number of hydrogen-bond donors (Lipinski definition) is 0. The summed E-state index contributed by atoms with van der Waals surface area (Å²) >= 11 is 0. The Morgan fingerprint density at radius 3 is 2.18 bits per heavy atom. The SMILES string of the molecule is CCc1cnc(N2CCC(COc3c(F)cc(-c4cnc(C=O)c(F)c4)cc3F)CC2)nc1. The van der Waals surface area contributed by atoms with Gasteiger partial charge in [0, 0.05) is 37.2 Å². The van der Waals surface area contributed by atoms with E-state index in [2.05, 4.69) is 19.9 Å². The van der Waals surface area contributed by atoms with Crippen molar-refractivity contribution in [3.05, 3.63) is 65.5 Å². The van der Waals surface area contributed by atoms with Gasteiger partial charge in [-0.15, -0.1) is 0 Å². The van der Waals surface area contributed by atoms with Gasteiger partial charge in [-0.05, 0) is 54.5 Å². The molecule has 1 saturated heterocycles. The van der Waals surface area contributed by atoms with Crippen LogP contribution in [0.25, 0.3) is 11.1 Å². The summed E-state index contributed by atoms with van der Waals surface area (Å²) in [5.41, 5.74) is 0.972. The maximum Gasteiger partial charge on any atom is 0.225 e. The normalized spacial score (nSPS) is 14.4. The summed E-state index contributed by atoms with van der Waals surface area (Å²) in [6, 6.07) is 3.14. The summed E-state index contributed by atoms with van der Waals surface area (Å²) in [5, 5.41) is 0. The molecule has 0 atom stereocenters. The summed E-state index contributed by atoms with van der Waals surface area (Å²) in [7, 11) is 0. The van der Waals surface area contributed by atoms with Crippen molar-refractivity contribution in [3.63, 3.8) is 0 Å². The number of halogens is 3. The van der Waals surface area contributed by atoms with Crippen LogP contribution in [0.15, 0.2) is 36.8 Å². The van der Waals surface area contributed by atoms with E-state index < -0.39 is 23.2 Å². The van der Waals surface area contributed by atoms with Crippen molar-refractivity contribution in [2.45, 2.75) is 26.2 Å². The van der Waals surface area contributed by atoms with Gasteiger partial charge >= 0.3 is 0 Å². The van der Waals surface area contributed by atoms with Crippen molar-refractivity contribution in [2.24, 2.45) is 5.92 Å². The number of rotatable bonds is 7. The van der Waals surface area contributed by atoms with Crippen molar-refractivity contribution < 1.29 is 22.7 Å². The van der Waals surface area contributed by atoms with Gasteiger partial charge in [0.2, 0.25) is 5.95 Å². The van der Waals surface area contributed by atoms with Crippen LogP contribution in [-0.4, -0.2) is 40.9 Å². The molecular formula is C24H23F3N4O2. The van der Waals surface area contributed by atoms with E-state index in [0.717, 1.165) is 56.1 Å². The minimum absolute atomic E-state index is 0.101. The predicted octanol–water partition coefficient (Wildman–Crippen LogP) is 4.63. The maximum atomic E-state index is 14.6. The number of aryl methyl sites for hydroxylation is 1. The number of piperidine rings is 1. The molecule has 3 heterocycles. The zero-order chi connectivity index (χ0) is 23.4. The third kappa shape index (κ3) is 5.13. The Hall–Kier alpha value is -3.49. The first kappa shape index (κ1) is 22.7. The van der Waals surface area contributed by atoms with Gasteiger partial charge in [0.1, 0.15) is 5.69 Å². The topological polar surface area (TPSA) is 68.2 Å². The fourth-order valence-corrected chi connectivity index (χ4v) is 3.75. The molecule has 1 aromatic carbocycles. The molecule has 0 saturated carbocycles. The van der Waals surface area contributed by atoms with Gasteiger partial charge in [-0.2, -0.15) is 0 Å². The van der Waals surface area contributed by atoms with Crippen LogP contribution in [0, 0.1) is 23.4 Å². The molecule has 4 rings (SSSR count). The van der Waals surface area contributed by atoms with Gasteiger partial charge in [0.05, 0.1) is 6.61 Å². The fraction of sp³-hybridized carbons (Fsp3) is 0.333. The number of ether oxygens (including phenoxy) is 1. The number of nitrogens with zero attached hydrogens (tertiary/aromatic N) is 4. The van der Waals surface area contributed by atoms with E-state index in [1.165, 1.54) is 6.20 Å². The molecule has 0 spiro atoms. The summed E-state index contributed by atoms with van der Waals surface area (Å²) in [5.74, 6) is -2.26. The summed E-state index contributed by atoms with van der Waals surface area (Å²) in [6.45, 7) is 3.70. The first-order chi connectivity index (χ1) is 16.0. The highest BCUT2D eigenvalue weighted by Crippen LogP contribution is 2.30. The van der Waals surface area contributed by atoms with Crippen LogP contribution in [0.2, 0.25) is 0 Å². The summed E-state index contributed by atoms with van der Waals surface area (Å²) < 4.78 is 48.5. The third-order valence-electron chi connectivity index (χ3n) is 5.77. The second kappa shape index (κ2) is 9.97. The highest BCUT2D eigenvalue weighted by molar-refractivity contribution is 5.74. The molecule has 172 valence electrons. The Balaban J connectivity index is 1.37. The number of aldehydes is 1. The molecule has 0 N–H and O–H groups in total. The van der Waals surface area contributed by atoms with Crippen LogP contribution < -0.4 is 9.64 Å².